The highest BCUT2D eigenvalue weighted by Crippen LogP contribution is 2.25. The molecule has 0 aliphatic heterocycles. The highest BCUT2D eigenvalue weighted by Gasteiger charge is 2.14. The minimum Gasteiger partial charge on any atom is -0.508 e. The zero-order chi connectivity index (χ0) is 13.0. The van der Waals surface area contributed by atoms with Crippen molar-refractivity contribution >= 4 is 0 Å². The first-order valence-corrected chi connectivity index (χ1v) is 6.13. The number of aliphatic hydroxyl groups excluding tert-OH is 1. The Morgan fingerprint density at radius 2 is 1.88 bits per heavy atom. The molecule has 3 heteroatoms. The minimum absolute atomic E-state index is 0.0728. The van der Waals surface area contributed by atoms with Crippen LogP contribution in [0, 0.1) is 6.92 Å². The molecule has 1 rings (SSSR count). The summed E-state index contributed by atoms with van der Waals surface area (Å²) in [5.74, 6) is 0.319. The van der Waals surface area contributed by atoms with Gasteiger partial charge in [-0.15, -0.1) is 0 Å². The van der Waals surface area contributed by atoms with Gasteiger partial charge >= 0.3 is 0 Å². The monoisotopic (exact) mass is 237 g/mol. The first-order chi connectivity index (χ1) is 7.90. The Hall–Kier alpha value is -1.06. The Morgan fingerprint density at radius 3 is 2.47 bits per heavy atom. The number of benzene rings is 1. The second-order valence-corrected chi connectivity index (χ2v) is 4.94. The molecule has 0 aliphatic rings. The summed E-state index contributed by atoms with van der Waals surface area (Å²) in [6.45, 7) is 7.85. The standard InChI is InChI=1S/C14H23NO2/c1-9-5-6-14(17)13(7-9)12(4)15-10(2)8-11(3)16/h5-7,10-12,15-17H,8H2,1-4H3. The van der Waals surface area contributed by atoms with Crippen molar-refractivity contribution in [1.82, 2.24) is 5.32 Å². The molecule has 0 aliphatic carbocycles. The van der Waals surface area contributed by atoms with E-state index in [-0.39, 0.29) is 18.2 Å². The van der Waals surface area contributed by atoms with Gasteiger partial charge in [0.15, 0.2) is 0 Å². The molecule has 3 unspecified atom stereocenters. The lowest BCUT2D eigenvalue weighted by atomic mass is 10.0. The van der Waals surface area contributed by atoms with Gasteiger partial charge in [0, 0.05) is 17.6 Å². The van der Waals surface area contributed by atoms with Gasteiger partial charge in [-0.05, 0) is 40.2 Å². The average Bonchev–Trinajstić information content (AvgIpc) is 2.20. The van der Waals surface area contributed by atoms with Crippen molar-refractivity contribution in [3.63, 3.8) is 0 Å². The van der Waals surface area contributed by atoms with Crippen molar-refractivity contribution < 1.29 is 10.2 Å². The predicted molar refractivity (Wildman–Crippen MR) is 70.2 cm³/mol. The van der Waals surface area contributed by atoms with E-state index in [2.05, 4.69) is 5.32 Å². The summed E-state index contributed by atoms with van der Waals surface area (Å²) < 4.78 is 0. The van der Waals surface area contributed by atoms with Crippen LogP contribution in [0.3, 0.4) is 0 Å². The van der Waals surface area contributed by atoms with Crippen LogP contribution in [0.15, 0.2) is 18.2 Å². The van der Waals surface area contributed by atoms with Crippen molar-refractivity contribution in [2.45, 2.75) is 52.3 Å². The fraction of sp³-hybridized carbons (Fsp3) is 0.571. The van der Waals surface area contributed by atoms with Crippen LogP contribution in [-0.4, -0.2) is 22.4 Å². The van der Waals surface area contributed by atoms with Gasteiger partial charge in [-0.3, -0.25) is 0 Å². The van der Waals surface area contributed by atoms with Crippen LogP contribution in [0.2, 0.25) is 0 Å². The molecule has 1 aromatic rings. The SMILES string of the molecule is Cc1ccc(O)c(C(C)NC(C)CC(C)O)c1. The van der Waals surface area contributed by atoms with Crippen LogP contribution < -0.4 is 5.32 Å². The summed E-state index contributed by atoms with van der Waals surface area (Å²) in [5.41, 5.74) is 2.04. The van der Waals surface area contributed by atoms with Crippen molar-refractivity contribution in [3.05, 3.63) is 29.3 Å². The van der Waals surface area contributed by atoms with Gasteiger partial charge in [0.1, 0.15) is 5.75 Å². The van der Waals surface area contributed by atoms with Crippen molar-refractivity contribution in [2.75, 3.05) is 0 Å². The zero-order valence-corrected chi connectivity index (χ0v) is 11.1. The number of hydrogen-bond acceptors (Lipinski definition) is 3. The quantitative estimate of drug-likeness (QED) is 0.737. The van der Waals surface area contributed by atoms with Crippen molar-refractivity contribution in [1.29, 1.82) is 0 Å². The van der Waals surface area contributed by atoms with Crippen LogP contribution in [0.4, 0.5) is 0 Å². The molecule has 0 saturated carbocycles. The van der Waals surface area contributed by atoms with E-state index in [0.29, 0.717) is 12.2 Å². The number of aromatic hydroxyl groups is 1. The third-order valence-corrected chi connectivity index (χ3v) is 2.88. The number of aliphatic hydroxyl groups is 1. The molecule has 0 aromatic heterocycles. The predicted octanol–water partition coefficient (Wildman–Crippen LogP) is 2.51. The molecule has 0 saturated heterocycles. The van der Waals surface area contributed by atoms with Gasteiger partial charge in [-0.2, -0.15) is 0 Å². The van der Waals surface area contributed by atoms with Gasteiger partial charge in [0.25, 0.3) is 0 Å². The van der Waals surface area contributed by atoms with Gasteiger partial charge in [-0.1, -0.05) is 17.7 Å². The summed E-state index contributed by atoms with van der Waals surface area (Å²) in [4.78, 5) is 0. The molecule has 1 aromatic carbocycles. The van der Waals surface area contributed by atoms with Crippen LogP contribution >= 0.6 is 0 Å². The first-order valence-electron chi connectivity index (χ1n) is 6.13. The normalized spacial score (nSPS) is 16.5. The molecule has 0 radical (unpaired) electrons. The molecular weight excluding hydrogens is 214 g/mol. The molecule has 0 amide bonds. The van der Waals surface area contributed by atoms with Crippen LogP contribution in [0.1, 0.15) is 44.4 Å². The molecule has 0 fully saturated rings. The van der Waals surface area contributed by atoms with E-state index in [1.54, 1.807) is 13.0 Å². The fourth-order valence-electron chi connectivity index (χ4n) is 2.12. The smallest absolute Gasteiger partial charge is 0.120 e. The number of phenolic OH excluding ortho intramolecular Hbond substituents is 1. The lowest BCUT2D eigenvalue weighted by Crippen LogP contribution is -2.31. The molecule has 17 heavy (non-hydrogen) atoms. The number of hydrogen-bond donors (Lipinski definition) is 3. The van der Waals surface area contributed by atoms with Gasteiger partial charge in [0.2, 0.25) is 0 Å². The Balaban J connectivity index is 2.69. The molecule has 0 spiro atoms. The summed E-state index contributed by atoms with van der Waals surface area (Å²) in [5, 5.41) is 22.5. The first kappa shape index (κ1) is 14.0. The summed E-state index contributed by atoms with van der Waals surface area (Å²) in [6.07, 6.45) is 0.396. The van der Waals surface area contributed by atoms with Crippen molar-refractivity contribution in [2.24, 2.45) is 0 Å². The maximum atomic E-state index is 9.81. The van der Waals surface area contributed by atoms with E-state index < -0.39 is 0 Å². The maximum Gasteiger partial charge on any atom is 0.120 e. The Kier molecular flexibility index (Phi) is 4.97. The van der Waals surface area contributed by atoms with E-state index in [4.69, 9.17) is 0 Å². The summed E-state index contributed by atoms with van der Waals surface area (Å²) in [7, 11) is 0. The van der Waals surface area contributed by atoms with Crippen LogP contribution in [0.25, 0.3) is 0 Å². The van der Waals surface area contributed by atoms with E-state index in [9.17, 15) is 10.2 Å². The third kappa shape index (κ3) is 4.36. The highest BCUT2D eigenvalue weighted by molar-refractivity contribution is 5.37. The molecule has 3 atom stereocenters. The summed E-state index contributed by atoms with van der Waals surface area (Å²) >= 11 is 0. The number of nitrogens with one attached hydrogen (secondary N) is 1. The lowest BCUT2D eigenvalue weighted by Gasteiger charge is -2.22. The zero-order valence-electron chi connectivity index (χ0n) is 11.1. The Labute approximate surface area is 103 Å². The second kappa shape index (κ2) is 6.03. The van der Waals surface area contributed by atoms with Crippen LogP contribution in [0.5, 0.6) is 5.75 Å². The maximum absolute atomic E-state index is 9.81. The van der Waals surface area contributed by atoms with E-state index in [0.717, 1.165) is 11.1 Å². The third-order valence-electron chi connectivity index (χ3n) is 2.88. The van der Waals surface area contributed by atoms with Gasteiger partial charge < -0.3 is 15.5 Å². The van der Waals surface area contributed by atoms with Crippen LogP contribution in [-0.2, 0) is 0 Å². The second-order valence-electron chi connectivity index (χ2n) is 4.94. The molecule has 96 valence electrons. The topological polar surface area (TPSA) is 52.5 Å². The number of phenols is 1. The number of aryl methyl sites for hydroxylation is 1. The Morgan fingerprint density at radius 1 is 1.24 bits per heavy atom. The summed E-state index contributed by atoms with van der Waals surface area (Å²) in [6, 6.07) is 5.89. The lowest BCUT2D eigenvalue weighted by molar-refractivity contribution is 0.168. The molecule has 0 bridgehead atoms. The van der Waals surface area contributed by atoms with E-state index in [1.165, 1.54) is 0 Å². The molecule has 3 nitrogen and oxygen atoms in total. The highest BCUT2D eigenvalue weighted by atomic mass is 16.3. The fourth-order valence-corrected chi connectivity index (χ4v) is 2.12. The molecular formula is C14H23NO2. The van der Waals surface area contributed by atoms with Gasteiger partial charge in [-0.25, -0.2) is 0 Å². The average molecular weight is 237 g/mol. The molecule has 0 heterocycles. The van der Waals surface area contributed by atoms with E-state index in [1.807, 2.05) is 32.9 Å². The number of rotatable bonds is 5. The van der Waals surface area contributed by atoms with Crippen molar-refractivity contribution in [3.8, 4) is 5.75 Å². The molecule has 3 N–H and O–H groups in total. The Bertz CT molecular complexity index is 363. The minimum atomic E-state index is -0.309. The van der Waals surface area contributed by atoms with Gasteiger partial charge in [0.05, 0.1) is 6.10 Å². The largest absolute Gasteiger partial charge is 0.508 e. The van der Waals surface area contributed by atoms with E-state index >= 15 is 0 Å².